The fraction of sp³-hybridized carbons (Fsp3) is 0.800. The summed E-state index contributed by atoms with van der Waals surface area (Å²) in [5.74, 6) is -1.12. The van der Waals surface area contributed by atoms with Crippen LogP contribution >= 0.6 is 0 Å². The third-order valence-corrected chi connectivity index (χ3v) is 2.66. The van der Waals surface area contributed by atoms with Gasteiger partial charge in [0.15, 0.2) is 6.61 Å². The number of carboxylic acid groups (broad SMARTS) is 1. The minimum absolute atomic E-state index is 0.0796. The molecule has 2 N–H and O–H groups in total. The fourth-order valence-corrected chi connectivity index (χ4v) is 1.89. The number of amides is 2. The lowest BCUT2D eigenvalue weighted by Crippen LogP contribution is -2.47. The summed E-state index contributed by atoms with van der Waals surface area (Å²) in [6.07, 6.45) is 0.896. The van der Waals surface area contributed by atoms with Gasteiger partial charge in [-0.25, -0.2) is 15.1 Å². The smallest absolute Gasteiger partial charge is 0.341 e. The molecule has 0 aromatic heterocycles. The van der Waals surface area contributed by atoms with Crippen LogP contribution in [-0.2, 0) is 9.63 Å². The summed E-state index contributed by atoms with van der Waals surface area (Å²) in [6, 6.07) is -0.301. The number of hydroxylamine groups is 1. The Bertz CT molecular complexity index is 285. The Morgan fingerprint density at radius 3 is 2.82 bits per heavy atom. The van der Waals surface area contributed by atoms with Gasteiger partial charge < -0.3 is 14.9 Å². The van der Waals surface area contributed by atoms with Gasteiger partial charge in [0.2, 0.25) is 0 Å². The van der Waals surface area contributed by atoms with Crippen molar-refractivity contribution in [2.24, 2.45) is 0 Å². The quantitative estimate of drug-likeness (QED) is 0.669. The van der Waals surface area contributed by atoms with Gasteiger partial charge in [-0.05, 0) is 26.9 Å². The van der Waals surface area contributed by atoms with Crippen LogP contribution in [0.2, 0.25) is 0 Å². The van der Waals surface area contributed by atoms with E-state index in [9.17, 15) is 9.59 Å². The third-order valence-electron chi connectivity index (χ3n) is 2.66. The first-order chi connectivity index (χ1) is 8.00. The maximum absolute atomic E-state index is 11.7. The Morgan fingerprint density at radius 1 is 1.47 bits per heavy atom. The van der Waals surface area contributed by atoms with Gasteiger partial charge in [-0.15, -0.1) is 0 Å². The summed E-state index contributed by atoms with van der Waals surface area (Å²) >= 11 is 0. The Balaban J connectivity index is 2.41. The molecule has 7 nitrogen and oxygen atoms in total. The monoisotopic (exact) mass is 245 g/mol. The van der Waals surface area contributed by atoms with Crippen LogP contribution in [-0.4, -0.2) is 66.2 Å². The van der Waals surface area contributed by atoms with Crippen molar-refractivity contribution in [2.75, 3.05) is 33.3 Å². The summed E-state index contributed by atoms with van der Waals surface area (Å²) in [7, 11) is 2.01. The molecule has 1 atom stereocenters. The number of aliphatic carboxylic acids is 1. The molecule has 1 rings (SSSR count). The highest BCUT2D eigenvalue weighted by Crippen LogP contribution is 2.08. The first kappa shape index (κ1) is 13.7. The van der Waals surface area contributed by atoms with Crippen molar-refractivity contribution in [3.8, 4) is 0 Å². The zero-order chi connectivity index (χ0) is 12.8. The van der Waals surface area contributed by atoms with Gasteiger partial charge in [0.25, 0.3) is 0 Å². The molecule has 1 aliphatic heterocycles. The number of likely N-dealkylation sites (N-methyl/N-ethyl adjacent to an activating group) is 1. The average Bonchev–Trinajstić information content (AvgIpc) is 2.38. The van der Waals surface area contributed by atoms with E-state index in [0.717, 1.165) is 19.5 Å². The van der Waals surface area contributed by atoms with Gasteiger partial charge >= 0.3 is 12.0 Å². The number of nitrogens with one attached hydrogen (secondary N) is 1. The number of nitrogens with zero attached hydrogens (tertiary/aromatic N) is 2. The second-order valence-corrected chi connectivity index (χ2v) is 4.25. The summed E-state index contributed by atoms with van der Waals surface area (Å²) in [5, 5.41) is 8.37. The minimum Gasteiger partial charge on any atom is -0.479 e. The molecule has 1 aliphatic rings. The number of rotatable bonds is 3. The maximum Gasteiger partial charge on any atom is 0.341 e. The van der Waals surface area contributed by atoms with Crippen LogP contribution in [0, 0.1) is 0 Å². The fourth-order valence-electron chi connectivity index (χ4n) is 1.89. The predicted molar refractivity (Wildman–Crippen MR) is 60.4 cm³/mol. The van der Waals surface area contributed by atoms with Crippen molar-refractivity contribution in [1.29, 1.82) is 0 Å². The second-order valence-electron chi connectivity index (χ2n) is 4.25. The molecule has 1 heterocycles. The number of carbonyl (C=O) groups excluding carboxylic acids is 1. The van der Waals surface area contributed by atoms with Gasteiger partial charge in [0.1, 0.15) is 0 Å². The molecule has 98 valence electrons. The van der Waals surface area contributed by atoms with Crippen LogP contribution < -0.4 is 5.48 Å². The van der Waals surface area contributed by atoms with Crippen molar-refractivity contribution >= 4 is 12.0 Å². The molecule has 0 aliphatic carbocycles. The molecule has 2 amide bonds. The van der Waals surface area contributed by atoms with Crippen LogP contribution in [0.5, 0.6) is 0 Å². The molecule has 0 aromatic rings. The SMILES string of the molecule is CC1CN(C)CCCN1C(=O)NOCC(=O)O. The van der Waals surface area contributed by atoms with E-state index in [1.807, 2.05) is 14.0 Å². The predicted octanol–water partition coefficient (Wildman–Crippen LogP) is -0.262. The zero-order valence-corrected chi connectivity index (χ0v) is 10.2. The van der Waals surface area contributed by atoms with Crippen molar-refractivity contribution in [1.82, 2.24) is 15.3 Å². The van der Waals surface area contributed by atoms with Gasteiger partial charge in [-0.3, -0.25) is 4.84 Å². The Kier molecular flexibility index (Phi) is 5.17. The van der Waals surface area contributed by atoms with Gasteiger partial charge in [-0.1, -0.05) is 0 Å². The van der Waals surface area contributed by atoms with Crippen molar-refractivity contribution in [2.45, 2.75) is 19.4 Å². The molecule has 0 radical (unpaired) electrons. The third kappa shape index (κ3) is 4.58. The molecule has 1 fully saturated rings. The molecule has 17 heavy (non-hydrogen) atoms. The molecule has 1 saturated heterocycles. The van der Waals surface area contributed by atoms with Crippen LogP contribution in [0.3, 0.4) is 0 Å². The Morgan fingerprint density at radius 2 is 2.18 bits per heavy atom. The Labute approximate surface area is 100 Å². The van der Waals surface area contributed by atoms with Gasteiger partial charge in [0.05, 0.1) is 0 Å². The van der Waals surface area contributed by atoms with Crippen LogP contribution in [0.4, 0.5) is 4.79 Å². The highest BCUT2D eigenvalue weighted by Gasteiger charge is 2.24. The van der Waals surface area contributed by atoms with E-state index in [1.165, 1.54) is 0 Å². The molecule has 1 unspecified atom stereocenters. The number of carbonyl (C=O) groups is 2. The second kappa shape index (κ2) is 6.41. The topological polar surface area (TPSA) is 82.1 Å². The van der Waals surface area contributed by atoms with Gasteiger partial charge in [0, 0.05) is 19.1 Å². The lowest BCUT2D eigenvalue weighted by atomic mass is 10.3. The largest absolute Gasteiger partial charge is 0.479 e. The van der Waals surface area contributed by atoms with E-state index < -0.39 is 12.6 Å². The summed E-state index contributed by atoms with van der Waals surface area (Å²) < 4.78 is 0. The number of hydrogen-bond acceptors (Lipinski definition) is 4. The first-order valence-electron chi connectivity index (χ1n) is 5.59. The molecule has 0 saturated carbocycles. The van der Waals surface area contributed by atoms with Crippen molar-refractivity contribution in [3.63, 3.8) is 0 Å². The summed E-state index contributed by atoms with van der Waals surface area (Å²) in [5.41, 5.74) is 2.14. The molecular weight excluding hydrogens is 226 g/mol. The summed E-state index contributed by atoms with van der Waals surface area (Å²) in [6.45, 7) is 3.82. The van der Waals surface area contributed by atoms with Crippen LogP contribution in [0.25, 0.3) is 0 Å². The van der Waals surface area contributed by atoms with E-state index in [-0.39, 0.29) is 12.1 Å². The van der Waals surface area contributed by atoms with Crippen LogP contribution in [0.15, 0.2) is 0 Å². The average molecular weight is 245 g/mol. The van der Waals surface area contributed by atoms with E-state index >= 15 is 0 Å². The summed E-state index contributed by atoms with van der Waals surface area (Å²) in [4.78, 5) is 30.3. The number of urea groups is 1. The van der Waals surface area contributed by atoms with E-state index in [2.05, 4.69) is 15.2 Å². The molecule has 0 spiro atoms. The number of hydrogen-bond donors (Lipinski definition) is 2. The lowest BCUT2D eigenvalue weighted by Gasteiger charge is -2.27. The molecule has 0 aromatic carbocycles. The maximum atomic E-state index is 11.7. The van der Waals surface area contributed by atoms with Crippen LogP contribution in [0.1, 0.15) is 13.3 Å². The number of carboxylic acids is 1. The van der Waals surface area contributed by atoms with E-state index in [1.54, 1.807) is 4.90 Å². The highest BCUT2D eigenvalue weighted by molar-refractivity contribution is 5.74. The molecule has 0 bridgehead atoms. The normalized spacial score (nSPS) is 22.0. The van der Waals surface area contributed by atoms with E-state index in [0.29, 0.717) is 6.54 Å². The van der Waals surface area contributed by atoms with Gasteiger partial charge in [-0.2, -0.15) is 0 Å². The standard InChI is InChI=1S/C10H19N3O4/c1-8-6-12(2)4-3-5-13(8)10(16)11-17-7-9(14)15/h8H,3-7H2,1-2H3,(H,11,16)(H,14,15). The van der Waals surface area contributed by atoms with E-state index in [4.69, 9.17) is 5.11 Å². The lowest BCUT2D eigenvalue weighted by molar-refractivity contribution is -0.144. The first-order valence-corrected chi connectivity index (χ1v) is 5.59. The van der Waals surface area contributed by atoms with Crippen molar-refractivity contribution in [3.05, 3.63) is 0 Å². The molecule has 7 heteroatoms. The zero-order valence-electron chi connectivity index (χ0n) is 10.2. The Hall–Kier alpha value is -1.34. The minimum atomic E-state index is -1.12. The molecular formula is C10H19N3O4. The van der Waals surface area contributed by atoms with Crippen molar-refractivity contribution < 1.29 is 19.5 Å². The highest BCUT2D eigenvalue weighted by atomic mass is 16.7.